The number of carbonyl (C=O) groups is 1. The maximum atomic E-state index is 13.0. The van der Waals surface area contributed by atoms with Crippen LogP contribution in [-0.4, -0.2) is 38.6 Å². The molecule has 2 atom stereocenters. The molecule has 1 amide bonds. The summed E-state index contributed by atoms with van der Waals surface area (Å²) in [6.07, 6.45) is 9.12. The van der Waals surface area contributed by atoms with E-state index < -0.39 is 0 Å². The van der Waals surface area contributed by atoms with Crippen LogP contribution in [0.2, 0.25) is 0 Å². The quantitative estimate of drug-likeness (QED) is 0.880. The maximum Gasteiger partial charge on any atom is 0.255 e. The Kier molecular flexibility index (Phi) is 3.36. The van der Waals surface area contributed by atoms with Gasteiger partial charge < -0.3 is 4.90 Å². The molecular weight excluding hydrogens is 276 g/mol. The second kappa shape index (κ2) is 5.38. The zero-order valence-electron chi connectivity index (χ0n) is 13.0. The Labute approximate surface area is 130 Å². The number of nitrogens with one attached hydrogen (secondary N) is 1. The van der Waals surface area contributed by atoms with Gasteiger partial charge in [-0.25, -0.2) is 4.98 Å². The van der Waals surface area contributed by atoms with Gasteiger partial charge in [0, 0.05) is 29.9 Å². The van der Waals surface area contributed by atoms with Crippen LogP contribution >= 0.6 is 0 Å². The predicted molar refractivity (Wildman–Crippen MR) is 84.6 cm³/mol. The number of H-pyrrole nitrogens is 1. The molecule has 2 fully saturated rings. The molecule has 5 heteroatoms. The molecule has 0 spiro atoms. The Morgan fingerprint density at radius 2 is 2.09 bits per heavy atom. The number of likely N-dealkylation sites (tertiary alicyclic amines) is 1. The Bertz CT molecular complexity index is 706. The molecular formula is C17H22N4O. The standard InChI is InChI=1S/C17H22N4O/c1-11-14-9-13(10-18-16(14)20-19-11)17(22)21-8-4-6-12-5-2-3-7-15(12)21/h9-10,12,15H,2-8H2,1H3,(H,18,19,20)/t12-,15+/m1/s1. The van der Waals surface area contributed by atoms with Crippen molar-refractivity contribution in [2.45, 2.75) is 51.5 Å². The Morgan fingerprint density at radius 1 is 1.27 bits per heavy atom. The molecule has 2 aromatic heterocycles. The highest BCUT2D eigenvalue weighted by Crippen LogP contribution is 2.36. The molecule has 1 aliphatic heterocycles. The van der Waals surface area contributed by atoms with E-state index in [9.17, 15) is 4.79 Å². The van der Waals surface area contributed by atoms with E-state index in [0.29, 0.717) is 23.2 Å². The second-order valence-electron chi connectivity index (χ2n) is 6.70. The summed E-state index contributed by atoms with van der Waals surface area (Å²) in [6.45, 7) is 2.85. The minimum Gasteiger partial charge on any atom is -0.335 e. The topological polar surface area (TPSA) is 61.9 Å². The lowest BCUT2D eigenvalue weighted by Gasteiger charge is -2.44. The van der Waals surface area contributed by atoms with E-state index in [0.717, 1.165) is 30.5 Å². The number of rotatable bonds is 1. The van der Waals surface area contributed by atoms with Crippen molar-refractivity contribution in [2.24, 2.45) is 5.92 Å². The number of piperidine rings is 1. The normalized spacial score (nSPS) is 25.2. The predicted octanol–water partition coefficient (Wildman–Crippen LogP) is 3.06. The number of aromatic nitrogens is 3. The summed E-state index contributed by atoms with van der Waals surface area (Å²) in [5.74, 6) is 0.852. The Balaban J connectivity index is 1.65. The van der Waals surface area contributed by atoms with Gasteiger partial charge in [0.25, 0.3) is 5.91 Å². The molecule has 1 aliphatic carbocycles. The highest BCUT2D eigenvalue weighted by molar-refractivity contribution is 5.97. The van der Waals surface area contributed by atoms with E-state index in [4.69, 9.17) is 0 Å². The van der Waals surface area contributed by atoms with Crippen LogP contribution in [0.1, 0.15) is 54.6 Å². The zero-order chi connectivity index (χ0) is 15.1. The van der Waals surface area contributed by atoms with Gasteiger partial charge in [0.1, 0.15) is 0 Å². The summed E-state index contributed by atoms with van der Waals surface area (Å²) in [5, 5.41) is 8.01. The SMILES string of the molecule is Cc1[nH]nc2ncc(C(=O)N3CCC[C@H]4CCCC[C@@H]43)cc12. The summed E-state index contributed by atoms with van der Waals surface area (Å²) in [7, 11) is 0. The first kappa shape index (κ1) is 13.7. The van der Waals surface area contributed by atoms with Gasteiger partial charge >= 0.3 is 0 Å². The van der Waals surface area contributed by atoms with Crippen molar-refractivity contribution in [1.82, 2.24) is 20.1 Å². The summed E-state index contributed by atoms with van der Waals surface area (Å²) >= 11 is 0. The third-order valence-electron chi connectivity index (χ3n) is 5.35. The number of amides is 1. The molecule has 4 rings (SSSR count). The molecule has 1 N–H and O–H groups in total. The summed E-state index contributed by atoms with van der Waals surface area (Å²) < 4.78 is 0. The van der Waals surface area contributed by atoms with Crippen LogP contribution in [0.5, 0.6) is 0 Å². The van der Waals surface area contributed by atoms with Crippen molar-refractivity contribution in [3.8, 4) is 0 Å². The lowest BCUT2D eigenvalue weighted by molar-refractivity contribution is 0.0390. The number of fused-ring (bicyclic) bond motifs is 2. The van der Waals surface area contributed by atoms with Crippen LogP contribution in [0.25, 0.3) is 11.0 Å². The number of nitrogens with zero attached hydrogens (tertiary/aromatic N) is 3. The second-order valence-corrected chi connectivity index (χ2v) is 6.70. The number of carbonyl (C=O) groups excluding carboxylic acids is 1. The van der Waals surface area contributed by atoms with Crippen molar-refractivity contribution in [3.63, 3.8) is 0 Å². The summed E-state index contributed by atoms with van der Waals surface area (Å²) in [4.78, 5) is 19.4. The van der Waals surface area contributed by atoms with Crippen LogP contribution < -0.4 is 0 Å². The van der Waals surface area contributed by atoms with Gasteiger partial charge in [-0.2, -0.15) is 5.10 Å². The molecule has 1 saturated heterocycles. The third kappa shape index (κ3) is 2.19. The van der Waals surface area contributed by atoms with E-state index in [1.807, 2.05) is 13.0 Å². The van der Waals surface area contributed by atoms with Crippen LogP contribution in [0.4, 0.5) is 0 Å². The molecule has 3 heterocycles. The summed E-state index contributed by atoms with van der Waals surface area (Å²) in [6, 6.07) is 2.38. The highest BCUT2D eigenvalue weighted by Gasteiger charge is 2.36. The molecule has 1 saturated carbocycles. The zero-order valence-corrected chi connectivity index (χ0v) is 13.0. The smallest absolute Gasteiger partial charge is 0.255 e. The summed E-state index contributed by atoms with van der Waals surface area (Å²) in [5.41, 5.74) is 2.35. The Morgan fingerprint density at radius 3 is 3.00 bits per heavy atom. The van der Waals surface area contributed by atoms with E-state index >= 15 is 0 Å². The van der Waals surface area contributed by atoms with Crippen LogP contribution in [0.3, 0.4) is 0 Å². The number of hydrogen-bond acceptors (Lipinski definition) is 3. The van der Waals surface area contributed by atoms with Crippen molar-refractivity contribution in [3.05, 3.63) is 23.5 Å². The fraction of sp³-hybridized carbons (Fsp3) is 0.588. The molecule has 2 aliphatic rings. The van der Waals surface area contributed by atoms with E-state index in [1.54, 1.807) is 6.20 Å². The minimum absolute atomic E-state index is 0.145. The molecule has 5 nitrogen and oxygen atoms in total. The first-order valence-corrected chi connectivity index (χ1v) is 8.36. The lowest BCUT2D eigenvalue weighted by atomic mass is 9.78. The van der Waals surface area contributed by atoms with Gasteiger partial charge in [-0.3, -0.25) is 9.89 Å². The fourth-order valence-corrected chi connectivity index (χ4v) is 4.18. The van der Waals surface area contributed by atoms with Crippen LogP contribution in [-0.2, 0) is 0 Å². The van der Waals surface area contributed by atoms with Crippen molar-refractivity contribution >= 4 is 16.9 Å². The molecule has 116 valence electrons. The van der Waals surface area contributed by atoms with Crippen LogP contribution in [0, 0.1) is 12.8 Å². The van der Waals surface area contributed by atoms with Gasteiger partial charge in [-0.15, -0.1) is 0 Å². The fourth-order valence-electron chi connectivity index (χ4n) is 4.18. The molecule has 2 aromatic rings. The first-order valence-electron chi connectivity index (χ1n) is 8.36. The van der Waals surface area contributed by atoms with E-state index in [1.165, 1.54) is 25.7 Å². The average molecular weight is 298 g/mol. The number of aromatic amines is 1. The lowest BCUT2D eigenvalue weighted by Crippen LogP contribution is -2.49. The molecule has 22 heavy (non-hydrogen) atoms. The first-order chi connectivity index (χ1) is 10.7. The minimum atomic E-state index is 0.145. The van der Waals surface area contributed by atoms with E-state index in [2.05, 4.69) is 20.1 Å². The maximum absolute atomic E-state index is 13.0. The number of pyridine rings is 1. The monoisotopic (exact) mass is 298 g/mol. The largest absolute Gasteiger partial charge is 0.335 e. The van der Waals surface area contributed by atoms with Gasteiger partial charge in [0.05, 0.1) is 5.56 Å². The molecule has 0 radical (unpaired) electrons. The van der Waals surface area contributed by atoms with E-state index in [-0.39, 0.29) is 5.91 Å². The molecule has 0 aromatic carbocycles. The van der Waals surface area contributed by atoms with Gasteiger partial charge in [0.2, 0.25) is 0 Å². The Hall–Kier alpha value is -1.91. The number of aryl methyl sites for hydroxylation is 1. The van der Waals surface area contributed by atoms with Gasteiger partial charge in [0.15, 0.2) is 5.65 Å². The van der Waals surface area contributed by atoms with Crippen molar-refractivity contribution in [2.75, 3.05) is 6.54 Å². The average Bonchev–Trinajstić information content (AvgIpc) is 2.94. The van der Waals surface area contributed by atoms with Crippen molar-refractivity contribution in [1.29, 1.82) is 0 Å². The van der Waals surface area contributed by atoms with Gasteiger partial charge in [-0.05, 0) is 44.6 Å². The third-order valence-corrected chi connectivity index (χ3v) is 5.35. The van der Waals surface area contributed by atoms with Gasteiger partial charge in [-0.1, -0.05) is 12.8 Å². The highest BCUT2D eigenvalue weighted by atomic mass is 16.2. The number of hydrogen-bond donors (Lipinski definition) is 1. The van der Waals surface area contributed by atoms with Crippen LogP contribution in [0.15, 0.2) is 12.3 Å². The van der Waals surface area contributed by atoms with Crippen molar-refractivity contribution < 1.29 is 4.79 Å². The molecule has 0 unspecified atom stereocenters. The molecule has 0 bridgehead atoms.